The number of hydrogen-bond donors (Lipinski definition) is 1. The first-order chi connectivity index (χ1) is 14.3. The second kappa shape index (κ2) is 8.59. The molecule has 1 N–H and O–H groups in total. The molecule has 4 rings (SSSR count). The van der Waals surface area contributed by atoms with Gasteiger partial charge in [-0.15, -0.1) is 11.8 Å². The fourth-order valence-electron chi connectivity index (χ4n) is 3.11. The summed E-state index contributed by atoms with van der Waals surface area (Å²) in [5.74, 6) is 0.139. The van der Waals surface area contributed by atoms with Crippen molar-refractivity contribution in [1.82, 2.24) is 4.90 Å². The molecule has 1 fully saturated rings. The van der Waals surface area contributed by atoms with Gasteiger partial charge in [0, 0.05) is 27.4 Å². The molecular weight excluding hydrogens is 473 g/mol. The highest BCUT2D eigenvalue weighted by atomic mass is 35.5. The average molecular weight is 487 g/mol. The Bertz CT molecular complexity index is 1070. The maximum atomic E-state index is 11.9. The van der Waals surface area contributed by atoms with Gasteiger partial charge in [-0.2, -0.15) is 0 Å². The average Bonchev–Trinajstić information content (AvgIpc) is 2.69. The summed E-state index contributed by atoms with van der Waals surface area (Å²) in [5.41, 5.74) is 0.493. The molecule has 0 saturated carbocycles. The number of amides is 1. The summed E-state index contributed by atoms with van der Waals surface area (Å²) in [5, 5.41) is 10.7. The van der Waals surface area contributed by atoms with E-state index in [1.54, 1.807) is 36.4 Å². The van der Waals surface area contributed by atoms with Crippen LogP contribution in [0.15, 0.2) is 47.7 Å². The highest BCUT2D eigenvalue weighted by molar-refractivity contribution is 8.00. The van der Waals surface area contributed by atoms with Crippen molar-refractivity contribution >= 4 is 58.4 Å². The van der Waals surface area contributed by atoms with E-state index in [2.05, 4.69) is 0 Å². The van der Waals surface area contributed by atoms with Crippen LogP contribution in [0.3, 0.4) is 0 Å². The first-order valence-corrected chi connectivity index (χ1v) is 11.0. The molecule has 2 aliphatic heterocycles. The molecule has 1 atom stereocenters. The minimum Gasteiger partial charge on any atom is -0.485 e. The summed E-state index contributed by atoms with van der Waals surface area (Å²) in [6, 6.07) is 9.65. The summed E-state index contributed by atoms with van der Waals surface area (Å²) < 4.78 is 11.7. The molecule has 10 heteroatoms. The lowest BCUT2D eigenvalue weighted by Crippen LogP contribution is -2.54. The second-order valence-electron chi connectivity index (χ2n) is 6.55. The number of hydrogen-bond acceptors (Lipinski definition) is 5. The highest BCUT2D eigenvalue weighted by Gasteiger charge is 2.45. The van der Waals surface area contributed by atoms with Gasteiger partial charge in [0.25, 0.3) is 0 Å². The van der Waals surface area contributed by atoms with Gasteiger partial charge in [0.15, 0.2) is 11.5 Å². The van der Waals surface area contributed by atoms with Crippen molar-refractivity contribution in [3.8, 4) is 17.2 Å². The van der Waals surface area contributed by atoms with Crippen LogP contribution in [0.1, 0.15) is 6.42 Å². The van der Waals surface area contributed by atoms with Gasteiger partial charge < -0.3 is 14.6 Å². The SMILES string of the molecule is O=C(O)C1=C(COc2cc(Cl)ccc2Oc2ccc(Cl)cc2Cl)CS[C@@H]2CC(=O)N12. The van der Waals surface area contributed by atoms with Crippen LogP contribution in [0.5, 0.6) is 17.2 Å². The van der Waals surface area contributed by atoms with Crippen LogP contribution in [0, 0.1) is 0 Å². The number of ether oxygens (including phenoxy) is 2. The van der Waals surface area contributed by atoms with Crippen LogP contribution in [0.25, 0.3) is 0 Å². The molecule has 2 aromatic rings. The Kier molecular flexibility index (Phi) is 6.06. The van der Waals surface area contributed by atoms with Crippen LogP contribution >= 0.6 is 46.6 Å². The van der Waals surface area contributed by atoms with Crippen molar-refractivity contribution in [2.75, 3.05) is 12.4 Å². The summed E-state index contributed by atoms with van der Waals surface area (Å²) in [4.78, 5) is 24.9. The normalized spacial score (nSPS) is 18.0. The van der Waals surface area contributed by atoms with E-state index in [1.165, 1.54) is 16.7 Å². The maximum absolute atomic E-state index is 11.9. The highest BCUT2D eigenvalue weighted by Crippen LogP contribution is 2.41. The van der Waals surface area contributed by atoms with E-state index in [4.69, 9.17) is 44.3 Å². The lowest BCUT2D eigenvalue weighted by molar-refractivity contribution is -0.146. The lowest BCUT2D eigenvalue weighted by Gasteiger charge is -2.43. The molecular formula is C20H14Cl3NO5S. The number of β-lactam (4-membered cyclic amide) rings is 1. The minimum atomic E-state index is -1.15. The lowest BCUT2D eigenvalue weighted by atomic mass is 10.1. The predicted molar refractivity (Wildman–Crippen MR) is 116 cm³/mol. The topological polar surface area (TPSA) is 76.1 Å². The number of carbonyl (C=O) groups excluding carboxylic acids is 1. The Morgan fingerprint density at radius 2 is 1.80 bits per heavy atom. The number of fused-ring (bicyclic) bond motifs is 1. The van der Waals surface area contributed by atoms with Crippen molar-refractivity contribution in [1.29, 1.82) is 0 Å². The summed E-state index contributed by atoms with van der Waals surface area (Å²) >= 11 is 19.7. The van der Waals surface area contributed by atoms with Crippen molar-refractivity contribution in [2.45, 2.75) is 11.8 Å². The molecule has 0 unspecified atom stereocenters. The van der Waals surface area contributed by atoms with Crippen LogP contribution in [0.4, 0.5) is 0 Å². The molecule has 156 valence electrons. The van der Waals surface area contributed by atoms with Crippen molar-refractivity contribution in [3.63, 3.8) is 0 Å². The van der Waals surface area contributed by atoms with Gasteiger partial charge in [0.05, 0.1) is 16.8 Å². The first-order valence-electron chi connectivity index (χ1n) is 8.77. The van der Waals surface area contributed by atoms with Crippen molar-refractivity contribution in [3.05, 3.63) is 62.7 Å². The molecule has 1 amide bonds. The van der Waals surface area contributed by atoms with Gasteiger partial charge >= 0.3 is 5.97 Å². The maximum Gasteiger partial charge on any atom is 0.352 e. The van der Waals surface area contributed by atoms with E-state index in [-0.39, 0.29) is 23.6 Å². The van der Waals surface area contributed by atoms with E-state index in [1.807, 2.05) is 0 Å². The van der Waals surface area contributed by atoms with Crippen LogP contribution in [-0.4, -0.2) is 39.6 Å². The number of nitrogens with zero attached hydrogens (tertiary/aromatic N) is 1. The number of carbonyl (C=O) groups is 2. The van der Waals surface area contributed by atoms with Gasteiger partial charge in [-0.05, 0) is 30.3 Å². The third-order valence-electron chi connectivity index (χ3n) is 4.56. The summed E-state index contributed by atoms with van der Waals surface area (Å²) in [7, 11) is 0. The predicted octanol–water partition coefficient (Wildman–Crippen LogP) is 5.46. The Hall–Kier alpha value is -2.06. The molecule has 6 nitrogen and oxygen atoms in total. The van der Waals surface area contributed by atoms with Crippen LogP contribution in [0.2, 0.25) is 15.1 Å². The molecule has 0 aromatic heterocycles. The zero-order chi connectivity index (χ0) is 21.4. The van der Waals surface area contributed by atoms with Crippen LogP contribution < -0.4 is 9.47 Å². The number of aliphatic carboxylic acids is 1. The summed E-state index contributed by atoms with van der Waals surface area (Å²) in [6.07, 6.45) is 0.351. The summed E-state index contributed by atoms with van der Waals surface area (Å²) in [6.45, 7) is -0.0316. The number of carboxylic acid groups (broad SMARTS) is 1. The van der Waals surface area contributed by atoms with Gasteiger partial charge in [-0.1, -0.05) is 34.8 Å². The minimum absolute atomic E-state index is 0.0137. The van der Waals surface area contributed by atoms with Gasteiger partial charge in [-0.3, -0.25) is 9.69 Å². The van der Waals surface area contributed by atoms with Gasteiger partial charge in [0.1, 0.15) is 18.1 Å². The van der Waals surface area contributed by atoms with Crippen LogP contribution in [-0.2, 0) is 9.59 Å². The smallest absolute Gasteiger partial charge is 0.352 e. The number of halogens is 3. The third-order valence-corrected chi connectivity index (χ3v) is 6.60. The number of rotatable bonds is 6. The van der Waals surface area contributed by atoms with Gasteiger partial charge in [-0.25, -0.2) is 4.79 Å². The molecule has 2 aromatic carbocycles. The molecule has 2 heterocycles. The molecule has 2 aliphatic rings. The molecule has 0 bridgehead atoms. The van der Waals surface area contributed by atoms with E-state index in [0.717, 1.165) is 0 Å². The number of carboxylic acids is 1. The zero-order valence-corrected chi connectivity index (χ0v) is 18.3. The molecule has 0 aliphatic carbocycles. The Labute approximate surface area is 191 Å². The largest absolute Gasteiger partial charge is 0.485 e. The quantitative estimate of drug-likeness (QED) is 0.546. The third kappa shape index (κ3) is 4.21. The monoisotopic (exact) mass is 485 g/mol. The van der Waals surface area contributed by atoms with Crippen molar-refractivity contribution < 1.29 is 24.2 Å². The molecule has 0 spiro atoms. The standard InChI is InChI=1S/C20H14Cl3NO5S/c21-11-1-3-14(13(23)5-11)29-15-4-2-12(22)6-16(15)28-8-10-9-30-18-7-17(25)24(18)19(10)20(26)27/h1-6,18H,7-9H2,(H,26,27)/t18-/m1/s1. The van der Waals surface area contributed by atoms with Gasteiger partial charge in [0.2, 0.25) is 5.91 Å². The molecule has 0 radical (unpaired) electrons. The second-order valence-corrected chi connectivity index (χ2v) is 8.99. The van der Waals surface area contributed by atoms with E-state index in [0.29, 0.717) is 50.1 Å². The van der Waals surface area contributed by atoms with Crippen molar-refractivity contribution in [2.24, 2.45) is 0 Å². The fraction of sp³-hybridized carbons (Fsp3) is 0.200. The molecule has 1 saturated heterocycles. The number of thioether (sulfide) groups is 1. The number of benzene rings is 2. The Morgan fingerprint density at radius 3 is 2.47 bits per heavy atom. The first kappa shape index (κ1) is 21.2. The van der Waals surface area contributed by atoms with E-state index >= 15 is 0 Å². The fourth-order valence-corrected chi connectivity index (χ4v) is 4.96. The van der Waals surface area contributed by atoms with E-state index in [9.17, 15) is 14.7 Å². The van der Waals surface area contributed by atoms with E-state index < -0.39 is 5.97 Å². The Balaban J connectivity index is 1.59. The molecule has 30 heavy (non-hydrogen) atoms. The Morgan fingerprint density at radius 1 is 1.10 bits per heavy atom. The zero-order valence-electron chi connectivity index (χ0n) is 15.2.